The molecular weight excluding hydrogens is 409 g/mol. The van der Waals surface area contributed by atoms with E-state index >= 15 is 0 Å². The van der Waals surface area contributed by atoms with Crippen LogP contribution in [0.15, 0.2) is 72.1 Å². The summed E-state index contributed by atoms with van der Waals surface area (Å²) in [6, 6.07) is 21.0. The van der Waals surface area contributed by atoms with E-state index in [0.29, 0.717) is 0 Å². The molecule has 1 saturated heterocycles. The number of rotatable bonds is 7. The zero-order valence-electron chi connectivity index (χ0n) is 17.7. The number of carbonyl (C=O) groups is 1. The van der Waals surface area contributed by atoms with Gasteiger partial charge < -0.3 is 10.2 Å². The van der Waals surface area contributed by atoms with Crippen LogP contribution < -0.4 is 10.2 Å². The summed E-state index contributed by atoms with van der Waals surface area (Å²) < 4.78 is 13.1. The van der Waals surface area contributed by atoms with E-state index in [1.165, 1.54) is 22.7 Å². The lowest BCUT2D eigenvalue weighted by atomic mass is 10.0. The number of hydrogen-bond donors (Lipinski definition) is 1. The maximum Gasteiger partial charge on any atom is 0.224 e. The number of para-hydroxylation sites is 1. The van der Waals surface area contributed by atoms with Gasteiger partial charge in [0.2, 0.25) is 5.91 Å². The van der Waals surface area contributed by atoms with Crippen LogP contribution in [0.5, 0.6) is 0 Å². The molecule has 1 aliphatic heterocycles. The van der Waals surface area contributed by atoms with Crippen LogP contribution in [0.25, 0.3) is 0 Å². The number of halogens is 1. The summed E-state index contributed by atoms with van der Waals surface area (Å²) in [6.07, 6.45) is 0.254. The van der Waals surface area contributed by atoms with Gasteiger partial charge in [0.1, 0.15) is 5.82 Å². The van der Waals surface area contributed by atoms with Gasteiger partial charge in [-0.15, -0.1) is 11.3 Å². The number of anilines is 1. The Hall–Kier alpha value is -2.70. The number of benzene rings is 2. The minimum absolute atomic E-state index is 0.0325. The molecule has 3 aromatic rings. The van der Waals surface area contributed by atoms with Crippen molar-refractivity contribution in [2.24, 2.45) is 0 Å². The van der Waals surface area contributed by atoms with Crippen molar-refractivity contribution in [2.45, 2.75) is 25.4 Å². The molecule has 2 atom stereocenters. The lowest BCUT2D eigenvalue weighted by Crippen LogP contribution is -2.52. The standard InChI is InChI=1S/C25H28FN3OS/c1-19(27-24(30)18-20-9-11-21(26)12-10-20)25(23-8-5-17-31-23)29-15-13-28(14-16-29)22-6-3-2-4-7-22/h2-12,17,19,25H,13-16,18H2,1H3,(H,27,30)/t19-,25+/m0/s1. The molecule has 1 amide bonds. The summed E-state index contributed by atoms with van der Waals surface area (Å²) in [6.45, 7) is 5.88. The highest BCUT2D eigenvalue weighted by molar-refractivity contribution is 7.10. The number of amides is 1. The number of thiophene rings is 1. The lowest BCUT2D eigenvalue weighted by Gasteiger charge is -2.42. The number of nitrogens with one attached hydrogen (secondary N) is 1. The molecule has 0 radical (unpaired) electrons. The molecule has 2 heterocycles. The molecule has 4 rings (SSSR count). The smallest absolute Gasteiger partial charge is 0.224 e. The molecule has 0 bridgehead atoms. The van der Waals surface area contributed by atoms with Crippen LogP contribution in [-0.4, -0.2) is 43.0 Å². The summed E-state index contributed by atoms with van der Waals surface area (Å²) in [5.41, 5.74) is 2.07. The maximum atomic E-state index is 13.1. The molecule has 2 aromatic carbocycles. The lowest BCUT2D eigenvalue weighted by molar-refractivity contribution is -0.121. The highest BCUT2D eigenvalue weighted by Gasteiger charge is 2.30. The van der Waals surface area contributed by atoms with Crippen molar-refractivity contribution in [1.29, 1.82) is 0 Å². The molecule has 1 fully saturated rings. The first kappa shape index (κ1) is 21.5. The van der Waals surface area contributed by atoms with Crippen molar-refractivity contribution < 1.29 is 9.18 Å². The Labute approximate surface area is 187 Å². The van der Waals surface area contributed by atoms with Crippen LogP contribution in [0.4, 0.5) is 10.1 Å². The molecule has 0 aliphatic carbocycles. The fraction of sp³-hybridized carbons (Fsp3) is 0.320. The fourth-order valence-electron chi connectivity index (χ4n) is 4.27. The van der Waals surface area contributed by atoms with Gasteiger partial charge in [0.05, 0.1) is 12.5 Å². The Balaban J connectivity index is 1.41. The van der Waals surface area contributed by atoms with Crippen molar-refractivity contribution in [1.82, 2.24) is 10.2 Å². The van der Waals surface area contributed by atoms with E-state index in [9.17, 15) is 9.18 Å². The van der Waals surface area contributed by atoms with Crippen molar-refractivity contribution in [3.63, 3.8) is 0 Å². The van der Waals surface area contributed by atoms with Crippen molar-refractivity contribution in [3.05, 3.63) is 88.4 Å². The monoisotopic (exact) mass is 437 g/mol. The minimum Gasteiger partial charge on any atom is -0.369 e. The van der Waals surface area contributed by atoms with Gasteiger partial charge in [-0.2, -0.15) is 0 Å². The topological polar surface area (TPSA) is 35.6 Å². The highest BCUT2D eigenvalue weighted by atomic mass is 32.1. The van der Waals surface area contributed by atoms with Crippen LogP contribution in [0.3, 0.4) is 0 Å². The van der Waals surface area contributed by atoms with Gasteiger partial charge in [0.25, 0.3) is 0 Å². The zero-order valence-corrected chi connectivity index (χ0v) is 18.5. The van der Waals surface area contributed by atoms with E-state index in [-0.39, 0.29) is 30.2 Å². The minimum atomic E-state index is -0.287. The average molecular weight is 438 g/mol. The molecule has 1 aromatic heterocycles. The summed E-state index contributed by atoms with van der Waals surface area (Å²) in [4.78, 5) is 18.8. The van der Waals surface area contributed by atoms with Gasteiger partial charge in [0, 0.05) is 42.8 Å². The van der Waals surface area contributed by atoms with Crippen LogP contribution in [0, 0.1) is 5.82 Å². The molecule has 0 unspecified atom stereocenters. The third-order valence-corrected chi connectivity index (χ3v) is 6.75. The number of nitrogens with zero attached hydrogens (tertiary/aromatic N) is 2. The predicted octanol–water partition coefficient (Wildman–Crippen LogP) is 4.50. The largest absolute Gasteiger partial charge is 0.369 e. The number of carbonyl (C=O) groups excluding carboxylic acids is 1. The Kier molecular flexibility index (Phi) is 6.99. The van der Waals surface area contributed by atoms with Crippen molar-refractivity contribution in [3.8, 4) is 0 Å². The molecule has 31 heavy (non-hydrogen) atoms. The van der Waals surface area contributed by atoms with Crippen LogP contribution in [-0.2, 0) is 11.2 Å². The van der Waals surface area contributed by atoms with Gasteiger partial charge in [-0.25, -0.2) is 4.39 Å². The summed E-state index contributed by atoms with van der Waals surface area (Å²) in [7, 11) is 0. The van der Waals surface area contributed by atoms with E-state index in [2.05, 4.69) is 63.8 Å². The predicted molar refractivity (Wildman–Crippen MR) is 125 cm³/mol. The molecule has 1 aliphatic rings. The highest BCUT2D eigenvalue weighted by Crippen LogP contribution is 2.30. The summed E-state index contributed by atoms with van der Waals surface area (Å²) in [5.74, 6) is -0.325. The zero-order chi connectivity index (χ0) is 21.6. The molecule has 6 heteroatoms. The SMILES string of the molecule is C[C@H](NC(=O)Cc1ccc(F)cc1)[C@H](c1cccs1)N1CCN(c2ccccc2)CC1. The van der Waals surface area contributed by atoms with E-state index in [1.807, 2.05) is 6.07 Å². The van der Waals surface area contributed by atoms with E-state index in [4.69, 9.17) is 0 Å². The quantitative estimate of drug-likeness (QED) is 0.591. The van der Waals surface area contributed by atoms with Gasteiger partial charge in [0.15, 0.2) is 0 Å². The van der Waals surface area contributed by atoms with Gasteiger partial charge in [-0.1, -0.05) is 36.4 Å². The normalized spacial score (nSPS) is 16.6. The fourth-order valence-corrected chi connectivity index (χ4v) is 5.23. The van der Waals surface area contributed by atoms with Crippen molar-refractivity contribution in [2.75, 3.05) is 31.1 Å². The second-order valence-electron chi connectivity index (χ2n) is 7.98. The van der Waals surface area contributed by atoms with Crippen LogP contribution in [0.2, 0.25) is 0 Å². The summed E-state index contributed by atoms with van der Waals surface area (Å²) in [5, 5.41) is 5.28. The Morgan fingerprint density at radius 3 is 2.35 bits per heavy atom. The Morgan fingerprint density at radius 1 is 1.00 bits per heavy atom. The van der Waals surface area contributed by atoms with Gasteiger partial charge >= 0.3 is 0 Å². The van der Waals surface area contributed by atoms with Crippen molar-refractivity contribution >= 4 is 22.9 Å². The average Bonchev–Trinajstić information content (AvgIpc) is 3.31. The maximum absolute atomic E-state index is 13.1. The Morgan fingerprint density at radius 2 is 1.71 bits per heavy atom. The first-order valence-corrected chi connectivity index (χ1v) is 11.6. The molecule has 162 valence electrons. The third kappa shape index (κ3) is 5.51. The van der Waals surface area contributed by atoms with Gasteiger partial charge in [-0.3, -0.25) is 9.69 Å². The summed E-state index contributed by atoms with van der Waals surface area (Å²) >= 11 is 1.73. The number of hydrogen-bond acceptors (Lipinski definition) is 4. The first-order valence-electron chi connectivity index (χ1n) is 10.7. The Bertz CT molecular complexity index is 954. The number of piperazine rings is 1. The van der Waals surface area contributed by atoms with Crippen LogP contribution >= 0.6 is 11.3 Å². The molecule has 1 N–H and O–H groups in total. The van der Waals surface area contributed by atoms with Crippen LogP contribution in [0.1, 0.15) is 23.4 Å². The molecular formula is C25H28FN3OS. The van der Waals surface area contributed by atoms with E-state index in [0.717, 1.165) is 31.7 Å². The third-order valence-electron chi connectivity index (χ3n) is 5.80. The molecule has 0 saturated carbocycles. The second-order valence-corrected chi connectivity index (χ2v) is 8.96. The molecule has 0 spiro atoms. The second kappa shape index (κ2) is 10.1. The van der Waals surface area contributed by atoms with E-state index in [1.54, 1.807) is 23.5 Å². The van der Waals surface area contributed by atoms with E-state index < -0.39 is 0 Å². The van der Waals surface area contributed by atoms with Gasteiger partial charge in [-0.05, 0) is 48.2 Å². The molecule has 4 nitrogen and oxygen atoms in total. The first-order chi connectivity index (χ1) is 15.1.